The topological polar surface area (TPSA) is 15.3 Å². The molecule has 1 fully saturated rings. The number of hydrogen-bond acceptors (Lipinski definition) is 2. The van der Waals surface area contributed by atoms with E-state index < -0.39 is 0 Å². The van der Waals surface area contributed by atoms with Crippen molar-refractivity contribution in [2.24, 2.45) is 0 Å². The minimum absolute atomic E-state index is 0.240. The van der Waals surface area contributed by atoms with E-state index in [1.165, 1.54) is 25.8 Å². The molecular weight excluding hydrogens is 196 g/mol. The average molecular weight is 224 g/mol. The molecule has 1 unspecified atom stereocenters. The lowest BCUT2D eigenvalue weighted by atomic mass is 10.0. The Labute approximate surface area is 101 Å². The van der Waals surface area contributed by atoms with E-state index in [1.54, 1.807) is 0 Å². The van der Waals surface area contributed by atoms with E-state index in [0.717, 1.165) is 19.1 Å². The van der Waals surface area contributed by atoms with Crippen molar-refractivity contribution in [3.63, 3.8) is 0 Å². The number of hydrogen-bond donors (Lipinski definition) is 1. The van der Waals surface area contributed by atoms with Gasteiger partial charge in [-0.3, -0.25) is 4.90 Å². The molecule has 2 nitrogen and oxygen atoms in total. The fourth-order valence-corrected chi connectivity index (χ4v) is 2.20. The summed E-state index contributed by atoms with van der Waals surface area (Å²) in [6.07, 6.45) is 8.53. The number of allylic oxidation sites excluding steroid dienone is 1. The highest BCUT2D eigenvalue weighted by molar-refractivity contribution is 4.88. The van der Waals surface area contributed by atoms with Crippen LogP contribution in [0.4, 0.5) is 0 Å². The van der Waals surface area contributed by atoms with Crippen molar-refractivity contribution < 1.29 is 0 Å². The molecule has 16 heavy (non-hydrogen) atoms. The van der Waals surface area contributed by atoms with Gasteiger partial charge in [-0.2, -0.15) is 0 Å². The van der Waals surface area contributed by atoms with Gasteiger partial charge in [-0.15, -0.1) is 0 Å². The molecule has 1 heterocycles. The first-order valence-corrected chi connectivity index (χ1v) is 6.63. The standard InChI is InChI=1S/C14H28N2/c1-5-6-10-16-11-8-7-9-13(16)12-15-14(2,3)4/h5-6,13,15H,7-12H2,1-4H3. The minimum Gasteiger partial charge on any atom is -0.311 e. The smallest absolute Gasteiger partial charge is 0.0224 e. The fourth-order valence-electron chi connectivity index (χ4n) is 2.20. The van der Waals surface area contributed by atoms with Crippen molar-refractivity contribution in [2.75, 3.05) is 19.6 Å². The predicted molar refractivity (Wildman–Crippen MR) is 71.8 cm³/mol. The third-order valence-corrected chi connectivity index (χ3v) is 3.19. The normalized spacial score (nSPS) is 24.1. The Morgan fingerprint density at radius 2 is 2.06 bits per heavy atom. The molecule has 1 rings (SSSR count). The van der Waals surface area contributed by atoms with Crippen LogP contribution in [0.2, 0.25) is 0 Å². The van der Waals surface area contributed by atoms with Crippen LogP contribution in [-0.2, 0) is 0 Å². The Kier molecular flexibility index (Phi) is 5.50. The van der Waals surface area contributed by atoms with Gasteiger partial charge in [0.2, 0.25) is 0 Å². The van der Waals surface area contributed by atoms with E-state index in [0.29, 0.717) is 0 Å². The summed E-state index contributed by atoms with van der Waals surface area (Å²) in [4.78, 5) is 2.61. The number of piperidine rings is 1. The predicted octanol–water partition coefficient (Wildman–Crippen LogP) is 2.81. The van der Waals surface area contributed by atoms with Crippen LogP contribution in [-0.4, -0.2) is 36.1 Å². The van der Waals surface area contributed by atoms with Crippen molar-refractivity contribution in [3.8, 4) is 0 Å². The molecule has 0 radical (unpaired) electrons. The lowest BCUT2D eigenvalue weighted by Gasteiger charge is -2.37. The summed E-state index contributed by atoms with van der Waals surface area (Å²) in [5.74, 6) is 0. The quantitative estimate of drug-likeness (QED) is 0.739. The van der Waals surface area contributed by atoms with E-state index >= 15 is 0 Å². The van der Waals surface area contributed by atoms with Crippen LogP contribution in [0.1, 0.15) is 47.0 Å². The van der Waals surface area contributed by atoms with Crippen LogP contribution >= 0.6 is 0 Å². The molecule has 0 amide bonds. The van der Waals surface area contributed by atoms with E-state index in [4.69, 9.17) is 0 Å². The highest BCUT2D eigenvalue weighted by Crippen LogP contribution is 2.17. The summed E-state index contributed by atoms with van der Waals surface area (Å²) in [6.45, 7) is 12.3. The van der Waals surface area contributed by atoms with Gasteiger partial charge in [0.1, 0.15) is 0 Å². The van der Waals surface area contributed by atoms with Crippen LogP contribution in [0.3, 0.4) is 0 Å². The summed E-state index contributed by atoms with van der Waals surface area (Å²) in [6, 6.07) is 0.726. The molecule has 0 aliphatic carbocycles. The van der Waals surface area contributed by atoms with Gasteiger partial charge in [-0.1, -0.05) is 18.6 Å². The number of nitrogens with zero attached hydrogens (tertiary/aromatic N) is 1. The molecule has 0 aromatic rings. The molecule has 1 atom stereocenters. The zero-order valence-electron chi connectivity index (χ0n) is 11.4. The summed E-state index contributed by atoms with van der Waals surface area (Å²) >= 11 is 0. The highest BCUT2D eigenvalue weighted by atomic mass is 15.2. The van der Waals surface area contributed by atoms with E-state index in [1.807, 2.05) is 0 Å². The van der Waals surface area contributed by atoms with Crippen molar-refractivity contribution in [3.05, 3.63) is 12.2 Å². The van der Waals surface area contributed by atoms with Gasteiger partial charge in [-0.05, 0) is 47.1 Å². The maximum Gasteiger partial charge on any atom is 0.0224 e. The van der Waals surface area contributed by atoms with Crippen LogP contribution in [0, 0.1) is 0 Å². The SMILES string of the molecule is CC=CCN1CCCCC1CNC(C)(C)C. The zero-order valence-corrected chi connectivity index (χ0v) is 11.4. The molecule has 1 N–H and O–H groups in total. The van der Waals surface area contributed by atoms with Gasteiger partial charge in [-0.25, -0.2) is 0 Å². The van der Waals surface area contributed by atoms with Gasteiger partial charge in [0, 0.05) is 24.7 Å². The summed E-state index contributed by atoms with van der Waals surface area (Å²) in [5, 5.41) is 3.63. The molecule has 0 bridgehead atoms. The van der Waals surface area contributed by atoms with Gasteiger partial charge in [0.05, 0.1) is 0 Å². The van der Waals surface area contributed by atoms with E-state index in [9.17, 15) is 0 Å². The third kappa shape index (κ3) is 5.13. The minimum atomic E-state index is 0.240. The van der Waals surface area contributed by atoms with Crippen molar-refractivity contribution in [1.29, 1.82) is 0 Å². The first-order valence-electron chi connectivity index (χ1n) is 6.63. The maximum absolute atomic E-state index is 3.63. The van der Waals surface area contributed by atoms with Gasteiger partial charge in [0.25, 0.3) is 0 Å². The van der Waals surface area contributed by atoms with Crippen LogP contribution < -0.4 is 5.32 Å². The number of nitrogens with one attached hydrogen (secondary N) is 1. The summed E-state index contributed by atoms with van der Waals surface area (Å²) in [5.41, 5.74) is 0.240. The molecular formula is C14H28N2. The number of likely N-dealkylation sites (tertiary alicyclic amines) is 1. The summed E-state index contributed by atoms with van der Waals surface area (Å²) < 4.78 is 0. The Bertz CT molecular complexity index is 215. The molecule has 0 spiro atoms. The van der Waals surface area contributed by atoms with Crippen molar-refractivity contribution in [1.82, 2.24) is 10.2 Å². The van der Waals surface area contributed by atoms with E-state index in [2.05, 4.69) is 50.1 Å². The second-order valence-electron chi connectivity index (χ2n) is 5.84. The Balaban J connectivity index is 2.40. The molecule has 2 heteroatoms. The van der Waals surface area contributed by atoms with Gasteiger partial charge >= 0.3 is 0 Å². The molecule has 94 valence electrons. The largest absolute Gasteiger partial charge is 0.311 e. The lowest BCUT2D eigenvalue weighted by molar-refractivity contribution is 0.154. The van der Waals surface area contributed by atoms with Crippen LogP contribution in [0.15, 0.2) is 12.2 Å². The average Bonchev–Trinajstić information content (AvgIpc) is 2.23. The molecule has 1 aliphatic heterocycles. The fraction of sp³-hybridized carbons (Fsp3) is 0.857. The lowest BCUT2D eigenvalue weighted by Crippen LogP contribution is -2.49. The second kappa shape index (κ2) is 6.41. The van der Waals surface area contributed by atoms with Crippen LogP contribution in [0.5, 0.6) is 0 Å². The van der Waals surface area contributed by atoms with Gasteiger partial charge in [0.15, 0.2) is 0 Å². The molecule has 1 aliphatic rings. The Morgan fingerprint density at radius 1 is 1.31 bits per heavy atom. The maximum atomic E-state index is 3.63. The first-order chi connectivity index (χ1) is 7.53. The highest BCUT2D eigenvalue weighted by Gasteiger charge is 2.22. The van der Waals surface area contributed by atoms with E-state index in [-0.39, 0.29) is 5.54 Å². The first kappa shape index (κ1) is 13.7. The van der Waals surface area contributed by atoms with Crippen LogP contribution in [0.25, 0.3) is 0 Å². The Morgan fingerprint density at radius 3 is 2.69 bits per heavy atom. The molecule has 0 aromatic carbocycles. The second-order valence-corrected chi connectivity index (χ2v) is 5.84. The van der Waals surface area contributed by atoms with Gasteiger partial charge < -0.3 is 5.32 Å². The monoisotopic (exact) mass is 224 g/mol. The third-order valence-electron chi connectivity index (χ3n) is 3.19. The summed E-state index contributed by atoms with van der Waals surface area (Å²) in [7, 11) is 0. The Hall–Kier alpha value is -0.340. The van der Waals surface area contributed by atoms with Crippen molar-refractivity contribution in [2.45, 2.75) is 58.5 Å². The molecule has 0 saturated carbocycles. The molecule has 1 saturated heterocycles. The van der Waals surface area contributed by atoms with Crippen molar-refractivity contribution >= 4 is 0 Å². The number of rotatable bonds is 4. The zero-order chi connectivity index (χ0) is 12.0. The molecule has 0 aromatic heterocycles.